The predicted molar refractivity (Wildman–Crippen MR) is 99.4 cm³/mol. The zero-order chi connectivity index (χ0) is 17.4. The van der Waals surface area contributed by atoms with E-state index in [4.69, 9.17) is 15.6 Å². The molecule has 3 N–H and O–H groups in total. The van der Waals surface area contributed by atoms with Crippen LogP contribution < -0.4 is 11.1 Å². The molecule has 8 heteroatoms. The molecule has 1 aliphatic rings. The van der Waals surface area contributed by atoms with Crippen molar-refractivity contribution in [3.8, 4) is 16.3 Å². The molecule has 2 aromatic heterocycles. The van der Waals surface area contributed by atoms with E-state index in [0.717, 1.165) is 25.6 Å². The quantitative estimate of drug-likeness (QED) is 0.682. The summed E-state index contributed by atoms with van der Waals surface area (Å²) in [6.07, 6.45) is 1.50. The molecule has 1 aliphatic heterocycles. The summed E-state index contributed by atoms with van der Waals surface area (Å²) >= 11 is 5.09. The van der Waals surface area contributed by atoms with Gasteiger partial charge in [0, 0.05) is 11.8 Å². The first kappa shape index (κ1) is 16.5. The summed E-state index contributed by atoms with van der Waals surface area (Å²) in [4.78, 5) is 12.4. The normalized spacial score (nSPS) is 20.0. The third-order valence-electron chi connectivity index (χ3n) is 3.98. The van der Waals surface area contributed by atoms with E-state index in [1.807, 2.05) is 53.3 Å². The smallest absolute Gasteiger partial charge is 0.237 e. The van der Waals surface area contributed by atoms with E-state index < -0.39 is 18.2 Å². The Morgan fingerprint density at radius 3 is 2.76 bits per heavy atom. The van der Waals surface area contributed by atoms with Crippen molar-refractivity contribution in [3.05, 3.63) is 58.0 Å². The summed E-state index contributed by atoms with van der Waals surface area (Å²) in [6, 6.07) is 13.4. The maximum atomic E-state index is 11.4. The average molecular weight is 419 g/mol. The minimum atomic E-state index is -0.493. The van der Waals surface area contributed by atoms with Crippen LogP contribution in [0.15, 0.2) is 52.4 Å². The molecule has 6 nitrogen and oxygen atoms in total. The number of thiophene rings is 1. The highest BCUT2D eigenvalue weighted by molar-refractivity contribution is 9.11. The molecular weight excluding hydrogens is 404 g/mol. The van der Waals surface area contributed by atoms with Crippen molar-refractivity contribution >= 4 is 33.2 Å². The number of nitrogens with one attached hydrogen (secondary N) is 1. The first-order chi connectivity index (χ1) is 12.1. The number of aromatic nitrogens is 2. The van der Waals surface area contributed by atoms with Crippen molar-refractivity contribution in [2.24, 2.45) is 5.73 Å². The largest absolute Gasteiger partial charge is 0.368 e. The topological polar surface area (TPSA) is 82.2 Å². The summed E-state index contributed by atoms with van der Waals surface area (Å²) < 4.78 is 8.61. The van der Waals surface area contributed by atoms with E-state index in [1.54, 1.807) is 11.3 Å². The van der Waals surface area contributed by atoms with Crippen LogP contribution in [0.25, 0.3) is 16.3 Å². The second kappa shape index (κ2) is 6.72. The van der Waals surface area contributed by atoms with Crippen LogP contribution in [-0.2, 0) is 9.53 Å². The van der Waals surface area contributed by atoms with Gasteiger partial charge in [-0.1, -0.05) is 18.2 Å². The zero-order valence-corrected chi connectivity index (χ0v) is 15.5. The van der Waals surface area contributed by atoms with Gasteiger partial charge in [0.15, 0.2) is 0 Å². The molecule has 128 valence electrons. The molecule has 0 radical (unpaired) electrons. The number of carbonyl (C=O) groups excluding carboxylic acids is 1. The van der Waals surface area contributed by atoms with Crippen LogP contribution in [0.2, 0.25) is 0 Å². The molecule has 3 aromatic rings. The van der Waals surface area contributed by atoms with Gasteiger partial charge in [0.05, 0.1) is 21.0 Å². The van der Waals surface area contributed by atoms with E-state index in [2.05, 4.69) is 21.2 Å². The van der Waals surface area contributed by atoms with Crippen LogP contribution in [0.4, 0.5) is 0 Å². The van der Waals surface area contributed by atoms with Crippen molar-refractivity contribution in [1.29, 1.82) is 0 Å². The molecule has 25 heavy (non-hydrogen) atoms. The van der Waals surface area contributed by atoms with Crippen molar-refractivity contribution in [1.82, 2.24) is 15.1 Å². The van der Waals surface area contributed by atoms with E-state index in [-0.39, 0.29) is 6.61 Å². The Bertz CT molecular complexity index is 909. The molecule has 0 spiro atoms. The molecule has 0 aliphatic carbocycles. The van der Waals surface area contributed by atoms with Gasteiger partial charge in [-0.15, -0.1) is 11.3 Å². The molecule has 1 amide bonds. The second-order valence-electron chi connectivity index (χ2n) is 5.65. The fourth-order valence-electron chi connectivity index (χ4n) is 2.74. The molecule has 1 saturated heterocycles. The minimum Gasteiger partial charge on any atom is -0.368 e. The number of nitrogens with two attached hydrogens (primary N) is 1. The Kier molecular flexibility index (Phi) is 4.43. The molecular formula is C17H15BrN4O2S. The number of primary amides is 1. The number of hydrogen-bond acceptors (Lipinski definition) is 5. The van der Waals surface area contributed by atoms with Gasteiger partial charge in [-0.05, 0) is 40.2 Å². The second-order valence-corrected chi connectivity index (χ2v) is 8.11. The van der Waals surface area contributed by atoms with Crippen LogP contribution in [-0.4, -0.2) is 28.3 Å². The van der Waals surface area contributed by atoms with E-state index in [0.29, 0.717) is 0 Å². The number of nitrogens with zero attached hydrogens (tertiary/aromatic N) is 2. The van der Waals surface area contributed by atoms with E-state index in [9.17, 15) is 4.79 Å². The van der Waals surface area contributed by atoms with Crippen molar-refractivity contribution in [2.75, 3.05) is 6.61 Å². The Labute approximate surface area is 156 Å². The molecule has 2 atom stereocenters. The fraction of sp³-hybridized carbons (Fsp3) is 0.176. The first-order valence-electron chi connectivity index (χ1n) is 7.69. The van der Waals surface area contributed by atoms with Crippen LogP contribution in [0.1, 0.15) is 11.8 Å². The van der Waals surface area contributed by atoms with Gasteiger partial charge in [-0.2, -0.15) is 5.10 Å². The summed E-state index contributed by atoms with van der Waals surface area (Å²) in [5.74, 6) is -0.418. The predicted octanol–water partition coefficient (Wildman–Crippen LogP) is 2.84. The number of rotatable bonds is 4. The van der Waals surface area contributed by atoms with Crippen LogP contribution in [0.3, 0.4) is 0 Å². The number of benzene rings is 1. The van der Waals surface area contributed by atoms with Crippen molar-refractivity contribution in [3.63, 3.8) is 0 Å². The highest BCUT2D eigenvalue weighted by Crippen LogP contribution is 2.36. The molecule has 0 saturated carbocycles. The molecule has 1 unspecified atom stereocenters. The standard InChI is InChI=1S/C17H15BrN4O2S/c18-14-7-6-13(25-14)15-11(17-20-12(9-24-17)16(19)23)8-22(21-15)10-4-2-1-3-5-10/h1-8,12,17,20H,9H2,(H2,19,23)/t12-,17?/m1/s1. The van der Waals surface area contributed by atoms with Gasteiger partial charge >= 0.3 is 0 Å². The highest BCUT2D eigenvalue weighted by Gasteiger charge is 2.32. The Morgan fingerprint density at radius 2 is 2.12 bits per heavy atom. The number of ether oxygens (including phenoxy) is 1. The SMILES string of the molecule is NC(=O)[C@H]1COC(c2cn(-c3ccccc3)nc2-c2ccc(Br)s2)N1. The van der Waals surface area contributed by atoms with Gasteiger partial charge in [-0.3, -0.25) is 10.1 Å². The molecule has 4 rings (SSSR count). The summed E-state index contributed by atoms with van der Waals surface area (Å²) in [5.41, 5.74) is 8.03. The van der Waals surface area contributed by atoms with Crippen molar-refractivity contribution in [2.45, 2.75) is 12.3 Å². The fourth-order valence-corrected chi connectivity index (χ4v) is 4.13. The lowest BCUT2D eigenvalue weighted by Gasteiger charge is -2.10. The van der Waals surface area contributed by atoms with Crippen LogP contribution in [0, 0.1) is 0 Å². The molecule has 1 fully saturated rings. The van der Waals surface area contributed by atoms with Gasteiger partial charge in [0.2, 0.25) is 5.91 Å². The Morgan fingerprint density at radius 1 is 1.32 bits per heavy atom. The summed E-state index contributed by atoms with van der Waals surface area (Å²) in [6.45, 7) is 0.254. The third-order valence-corrected chi connectivity index (χ3v) is 5.61. The molecule has 0 bridgehead atoms. The van der Waals surface area contributed by atoms with E-state index >= 15 is 0 Å². The minimum absolute atomic E-state index is 0.254. The van der Waals surface area contributed by atoms with Gasteiger partial charge in [-0.25, -0.2) is 4.68 Å². The molecule has 3 heterocycles. The third kappa shape index (κ3) is 3.25. The number of para-hydroxylation sites is 1. The summed E-state index contributed by atoms with van der Waals surface area (Å²) in [7, 11) is 0. The lowest BCUT2D eigenvalue weighted by atomic mass is 10.2. The van der Waals surface area contributed by atoms with Gasteiger partial charge in [0.1, 0.15) is 18.0 Å². The maximum absolute atomic E-state index is 11.4. The lowest BCUT2D eigenvalue weighted by molar-refractivity contribution is -0.119. The highest BCUT2D eigenvalue weighted by atomic mass is 79.9. The lowest BCUT2D eigenvalue weighted by Crippen LogP contribution is -2.39. The van der Waals surface area contributed by atoms with Crippen LogP contribution >= 0.6 is 27.3 Å². The van der Waals surface area contributed by atoms with Crippen LogP contribution in [0.5, 0.6) is 0 Å². The summed E-state index contributed by atoms with van der Waals surface area (Å²) in [5, 5.41) is 7.88. The number of carbonyl (C=O) groups is 1. The number of halogens is 1. The zero-order valence-electron chi connectivity index (χ0n) is 13.1. The monoisotopic (exact) mass is 418 g/mol. The van der Waals surface area contributed by atoms with Crippen molar-refractivity contribution < 1.29 is 9.53 Å². The number of hydrogen-bond donors (Lipinski definition) is 2. The number of amides is 1. The Balaban J connectivity index is 1.76. The average Bonchev–Trinajstić information content (AvgIpc) is 3.34. The van der Waals surface area contributed by atoms with Gasteiger partial charge in [0.25, 0.3) is 0 Å². The Hall–Kier alpha value is -2.00. The van der Waals surface area contributed by atoms with E-state index in [1.165, 1.54) is 0 Å². The maximum Gasteiger partial charge on any atom is 0.237 e. The molecule has 1 aromatic carbocycles. The van der Waals surface area contributed by atoms with Gasteiger partial charge < -0.3 is 10.5 Å². The first-order valence-corrected chi connectivity index (χ1v) is 9.30.